The molecular weight excluding hydrogens is 323 g/mol. The molecule has 0 radical (unpaired) electrons. The van der Waals surface area contributed by atoms with Crippen LogP contribution < -0.4 is 9.29 Å². The van der Waals surface area contributed by atoms with Gasteiger partial charge in [-0.1, -0.05) is 6.07 Å². The van der Waals surface area contributed by atoms with Gasteiger partial charge in [-0.15, -0.1) is 0 Å². The molecule has 0 amide bonds. The Morgan fingerprint density at radius 3 is 2.33 bits per heavy atom. The Bertz CT molecular complexity index is 683. The largest absolute Gasteiger partial charge is 0.550 e. The van der Waals surface area contributed by atoms with E-state index in [-0.39, 0.29) is 5.56 Å². The first-order valence-electron chi connectivity index (χ1n) is 4.92. The second-order valence-electron chi connectivity index (χ2n) is 3.59. The van der Waals surface area contributed by atoms with Gasteiger partial charge in [0.05, 0.1) is 4.92 Å². The van der Waals surface area contributed by atoms with Gasteiger partial charge in [-0.3, -0.25) is 10.1 Å². The van der Waals surface area contributed by atoms with Crippen LogP contribution in [0.1, 0.15) is 5.56 Å². The SMILES string of the molecule is O=C([O-])Cc1ccc(OS(=O)(=O)C(F)(F)F)c([N+](=O)[O-])c1. The third-order valence-electron chi connectivity index (χ3n) is 2.05. The Kier molecular flexibility index (Phi) is 4.41. The number of alkyl halides is 3. The van der Waals surface area contributed by atoms with Crippen LogP contribution in [-0.4, -0.2) is 24.8 Å². The van der Waals surface area contributed by atoms with E-state index in [9.17, 15) is 41.6 Å². The van der Waals surface area contributed by atoms with E-state index in [0.717, 1.165) is 6.07 Å². The number of rotatable bonds is 5. The predicted molar refractivity (Wildman–Crippen MR) is 57.4 cm³/mol. The fourth-order valence-corrected chi connectivity index (χ4v) is 1.69. The Hall–Kier alpha value is -2.37. The molecule has 0 saturated carbocycles. The number of nitro benzene ring substituents is 1. The summed E-state index contributed by atoms with van der Waals surface area (Å²) >= 11 is 0. The molecule has 0 N–H and O–H groups in total. The number of carboxylic acids is 1. The monoisotopic (exact) mass is 328 g/mol. The fraction of sp³-hybridized carbons (Fsp3) is 0.222. The lowest BCUT2D eigenvalue weighted by atomic mass is 10.1. The van der Waals surface area contributed by atoms with Crippen molar-refractivity contribution in [3.05, 3.63) is 33.9 Å². The van der Waals surface area contributed by atoms with Crippen molar-refractivity contribution >= 4 is 21.8 Å². The predicted octanol–water partition coefficient (Wildman–Crippen LogP) is 0.116. The topological polar surface area (TPSA) is 127 Å². The second kappa shape index (κ2) is 5.55. The van der Waals surface area contributed by atoms with E-state index in [1.807, 2.05) is 0 Å². The summed E-state index contributed by atoms with van der Waals surface area (Å²) in [7, 11) is -6.08. The molecule has 8 nitrogen and oxygen atoms in total. The van der Waals surface area contributed by atoms with Crippen molar-refractivity contribution in [3.8, 4) is 5.75 Å². The first-order chi connectivity index (χ1) is 9.44. The summed E-state index contributed by atoms with van der Waals surface area (Å²) in [5, 5.41) is 21.0. The Labute approximate surface area is 115 Å². The summed E-state index contributed by atoms with van der Waals surface area (Å²) < 4.78 is 61.6. The van der Waals surface area contributed by atoms with Crippen LogP contribution in [0, 0.1) is 10.1 Å². The highest BCUT2D eigenvalue weighted by atomic mass is 32.2. The van der Waals surface area contributed by atoms with Crippen molar-refractivity contribution in [2.75, 3.05) is 0 Å². The van der Waals surface area contributed by atoms with Gasteiger partial charge in [-0.05, 0) is 11.6 Å². The average molecular weight is 328 g/mol. The van der Waals surface area contributed by atoms with E-state index in [1.54, 1.807) is 0 Å². The fourth-order valence-electron chi connectivity index (χ4n) is 1.22. The van der Waals surface area contributed by atoms with Gasteiger partial charge in [-0.25, -0.2) is 0 Å². The van der Waals surface area contributed by atoms with E-state index in [0.29, 0.717) is 12.1 Å². The van der Waals surface area contributed by atoms with Crippen LogP contribution in [0.25, 0.3) is 0 Å². The zero-order valence-corrected chi connectivity index (χ0v) is 10.6. The van der Waals surface area contributed by atoms with Gasteiger partial charge in [0.2, 0.25) is 5.75 Å². The molecule has 12 heteroatoms. The normalized spacial score (nSPS) is 12.0. The zero-order chi connectivity index (χ0) is 16.4. The number of carbonyl (C=O) groups excluding carboxylic acids is 1. The molecular formula is C9H5F3NO7S-. The lowest BCUT2D eigenvalue weighted by Crippen LogP contribution is -2.28. The average Bonchev–Trinajstić information content (AvgIpc) is 2.28. The lowest BCUT2D eigenvalue weighted by molar-refractivity contribution is -0.385. The van der Waals surface area contributed by atoms with E-state index in [4.69, 9.17) is 0 Å². The summed E-state index contributed by atoms with van der Waals surface area (Å²) in [5.41, 5.74) is -7.05. The zero-order valence-electron chi connectivity index (χ0n) is 9.79. The third-order valence-corrected chi connectivity index (χ3v) is 3.02. The van der Waals surface area contributed by atoms with Crippen LogP contribution in [0.4, 0.5) is 18.9 Å². The molecule has 1 aromatic carbocycles. The summed E-state index contributed by atoms with van der Waals surface area (Å²) in [6, 6.07) is 2.00. The first-order valence-corrected chi connectivity index (χ1v) is 6.33. The molecule has 0 aromatic heterocycles. The minimum absolute atomic E-state index is 0.168. The van der Waals surface area contributed by atoms with Crippen LogP contribution in [0.3, 0.4) is 0 Å². The van der Waals surface area contributed by atoms with Crippen molar-refractivity contribution in [2.45, 2.75) is 11.9 Å². The maximum atomic E-state index is 12.1. The second-order valence-corrected chi connectivity index (χ2v) is 5.13. The molecule has 1 aromatic rings. The number of nitrogens with zero attached hydrogens (tertiary/aromatic N) is 1. The van der Waals surface area contributed by atoms with E-state index >= 15 is 0 Å². The van der Waals surface area contributed by atoms with Crippen LogP contribution >= 0.6 is 0 Å². The van der Waals surface area contributed by atoms with Crippen LogP contribution in [0.2, 0.25) is 0 Å². The number of carbonyl (C=O) groups is 1. The number of hydrogen-bond donors (Lipinski definition) is 0. The van der Waals surface area contributed by atoms with Gasteiger partial charge in [0, 0.05) is 18.5 Å². The van der Waals surface area contributed by atoms with Crippen LogP contribution in [0.5, 0.6) is 5.75 Å². The highest BCUT2D eigenvalue weighted by Gasteiger charge is 2.49. The molecule has 0 aliphatic carbocycles. The standard InChI is InChI=1S/C9H6F3NO7S/c10-9(11,12)21(18,19)20-7-2-1-5(4-8(14)15)3-6(7)13(16)17/h1-3H,4H2,(H,14,15)/p-1. The minimum Gasteiger partial charge on any atom is -0.550 e. The highest BCUT2D eigenvalue weighted by Crippen LogP contribution is 2.33. The minimum atomic E-state index is -6.08. The quantitative estimate of drug-likeness (QED) is 0.325. The van der Waals surface area contributed by atoms with Gasteiger partial charge in [0.25, 0.3) is 0 Å². The number of aliphatic carboxylic acids is 1. The Morgan fingerprint density at radius 2 is 1.90 bits per heavy atom. The van der Waals surface area contributed by atoms with Gasteiger partial charge < -0.3 is 14.1 Å². The highest BCUT2D eigenvalue weighted by molar-refractivity contribution is 7.88. The van der Waals surface area contributed by atoms with Gasteiger partial charge in [0.1, 0.15) is 0 Å². The molecule has 0 unspecified atom stereocenters. The van der Waals surface area contributed by atoms with Crippen molar-refractivity contribution in [1.82, 2.24) is 0 Å². The number of benzene rings is 1. The number of nitro groups is 1. The Morgan fingerprint density at radius 1 is 1.33 bits per heavy atom. The van der Waals surface area contributed by atoms with E-state index < -0.39 is 44.4 Å². The summed E-state index contributed by atoms with van der Waals surface area (Å²) in [4.78, 5) is 19.8. The Balaban J connectivity index is 3.26. The van der Waals surface area contributed by atoms with Crippen LogP contribution in [-0.2, 0) is 21.3 Å². The molecule has 0 fully saturated rings. The molecule has 0 aliphatic rings. The molecule has 1 rings (SSSR count). The van der Waals surface area contributed by atoms with Gasteiger partial charge >= 0.3 is 21.3 Å². The summed E-state index contributed by atoms with van der Waals surface area (Å²) in [6.07, 6.45) is -0.743. The molecule has 0 atom stereocenters. The number of carboxylic acid groups (broad SMARTS) is 1. The molecule has 0 aliphatic heterocycles. The summed E-state index contributed by atoms with van der Waals surface area (Å²) in [6.45, 7) is 0. The lowest BCUT2D eigenvalue weighted by Gasteiger charge is -2.10. The molecule has 0 heterocycles. The van der Waals surface area contributed by atoms with Gasteiger partial charge in [0.15, 0.2) is 0 Å². The van der Waals surface area contributed by atoms with Crippen molar-refractivity contribution in [2.24, 2.45) is 0 Å². The summed E-state index contributed by atoms with van der Waals surface area (Å²) in [5.74, 6) is -2.76. The maximum absolute atomic E-state index is 12.1. The number of hydrogen-bond acceptors (Lipinski definition) is 7. The van der Waals surface area contributed by atoms with Crippen molar-refractivity contribution in [3.63, 3.8) is 0 Å². The molecule has 21 heavy (non-hydrogen) atoms. The van der Waals surface area contributed by atoms with E-state index in [1.165, 1.54) is 0 Å². The third kappa shape index (κ3) is 4.05. The molecule has 0 spiro atoms. The molecule has 116 valence electrons. The van der Waals surface area contributed by atoms with Gasteiger partial charge in [-0.2, -0.15) is 21.6 Å². The molecule has 0 bridgehead atoms. The number of halogens is 3. The van der Waals surface area contributed by atoms with Crippen molar-refractivity contribution in [1.29, 1.82) is 0 Å². The maximum Gasteiger partial charge on any atom is 0.534 e. The molecule has 0 saturated heterocycles. The van der Waals surface area contributed by atoms with E-state index in [2.05, 4.69) is 4.18 Å². The van der Waals surface area contributed by atoms with Crippen LogP contribution in [0.15, 0.2) is 18.2 Å². The van der Waals surface area contributed by atoms with Crippen molar-refractivity contribution < 1.29 is 40.6 Å². The smallest absolute Gasteiger partial charge is 0.534 e. The first kappa shape index (κ1) is 16.7.